The first-order valence-corrected chi connectivity index (χ1v) is 12.1. The zero-order valence-electron chi connectivity index (χ0n) is 18.9. The summed E-state index contributed by atoms with van der Waals surface area (Å²) in [5.41, 5.74) is 1.96. The van der Waals surface area contributed by atoms with Gasteiger partial charge in [0.05, 0.1) is 6.20 Å². The van der Waals surface area contributed by atoms with E-state index in [0.29, 0.717) is 29.4 Å². The molecular weight excluding hydrogens is 420 g/mol. The second-order valence-corrected chi connectivity index (χ2v) is 9.53. The molecule has 2 atom stereocenters. The molecule has 8 nitrogen and oxygen atoms in total. The molecular formula is C25H32N4O4. The van der Waals surface area contributed by atoms with E-state index in [-0.39, 0.29) is 12.6 Å². The Morgan fingerprint density at radius 1 is 1.06 bits per heavy atom. The number of likely N-dealkylation sites (tertiary alicyclic amines) is 1. The number of hydrogen-bond acceptors (Lipinski definition) is 5. The van der Waals surface area contributed by atoms with E-state index >= 15 is 0 Å². The van der Waals surface area contributed by atoms with Gasteiger partial charge in [0, 0.05) is 30.9 Å². The number of rotatable bonds is 5. The molecule has 3 aliphatic rings. The first kappa shape index (κ1) is 21.8. The van der Waals surface area contributed by atoms with Gasteiger partial charge in [0.1, 0.15) is 0 Å². The zero-order valence-corrected chi connectivity index (χ0v) is 18.9. The highest BCUT2D eigenvalue weighted by Gasteiger charge is 2.44. The third-order valence-corrected chi connectivity index (χ3v) is 7.23. The zero-order chi connectivity index (χ0) is 22.6. The number of carbonyl (C=O) groups excluding carboxylic acids is 2. The number of urea groups is 1. The van der Waals surface area contributed by atoms with Crippen molar-refractivity contribution in [3.63, 3.8) is 0 Å². The fourth-order valence-electron chi connectivity index (χ4n) is 5.68. The molecule has 3 saturated heterocycles. The minimum atomic E-state index is -0.526. The highest BCUT2D eigenvalue weighted by Crippen LogP contribution is 2.40. The summed E-state index contributed by atoms with van der Waals surface area (Å²) in [6.07, 6.45) is 11.3. The van der Waals surface area contributed by atoms with Crippen LogP contribution >= 0.6 is 0 Å². The lowest BCUT2D eigenvalue weighted by Gasteiger charge is -2.42. The van der Waals surface area contributed by atoms with Crippen molar-refractivity contribution >= 4 is 17.8 Å². The Labute approximate surface area is 194 Å². The number of nitrogens with zero attached hydrogens (tertiary/aromatic N) is 3. The lowest BCUT2D eigenvalue weighted by atomic mass is 9.86. The lowest BCUT2D eigenvalue weighted by Crippen LogP contribution is -2.53. The Morgan fingerprint density at radius 2 is 1.79 bits per heavy atom. The van der Waals surface area contributed by atoms with Crippen molar-refractivity contribution < 1.29 is 18.7 Å². The van der Waals surface area contributed by atoms with E-state index in [4.69, 9.17) is 9.15 Å². The molecule has 2 aromatic rings. The monoisotopic (exact) mass is 452 g/mol. The smallest absolute Gasteiger partial charge is 0.412 e. The molecule has 1 aromatic carbocycles. The number of piperidine rings is 2. The number of fused-ring (bicyclic) bond motifs is 2. The van der Waals surface area contributed by atoms with Crippen LogP contribution in [-0.2, 0) is 17.8 Å². The van der Waals surface area contributed by atoms with E-state index < -0.39 is 6.09 Å². The van der Waals surface area contributed by atoms with E-state index in [1.54, 1.807) is 0 Å². The summed E-state index contributed by atoms with van der Waals surface area (Å²) in [5.74, 6) is 1.09. The predicted molar refractivity (Wildman–Crippen MR) is 123 cm³/mol. The van der Waals surface area contributed by atoms with Crippen LogP contribution in [0.25, 0.3) is 0 Å². The van der Waals surface area contributed by atoms with Gasteiger partial charge in [0.2, 0.25) is 0 Å². The normalized spacial score (nSPS) is 24.5. The SMILES string of the molecule is O=C(Nc1ccc(CC2CC3CCC(C2)N3C(=O)N2CCCCC2)cc1)OCc1cnco1. The van der Waals surface area contributed by atoms with Gasteiger partial charge < -0.3 is 19.0 Å². The summed E-state index contributed by atoms with van der Waals surface area (Å²) in [7, 11) is 0. The van der Waals surface area contributed by atoms with Gasteiger partial charge in [0.15, 0.2) is 18.8 Å². The second-order valence-electron chi connectivity index (χ2n) is 9.53. The molecule has 2 bridgehead atoms. The van der Waals surface area contributed by atoms with E-state index in [1.807, 2.05) is 12.1 Å². The van der Waals surface area contributed by atoms with Crippen LogP contribution in [-0.4, -0.2) is 52.1 Å². The van der Waals surface area contributed by atoms with Gasteiger partial charge in [-0.25, -0.2) is 14.6 Å². The molecule has 3 aliphatic heterocycles. The summed E-state index contributed by atoms with van der Waals surface area (Å²) in [6, 6.07) is 9.03. The quantitative estimate of drug-likeness (QED) is 0.703. The Hall–Kier alpha value is -3.03. The molecule has 176 valence electrons. The molecule has 0 radical (unpaired) electrons. The fourth-order valence-corrected chi connectivity index (χ4v) is 5.68. The van der Waals surface area contributed by atoms with Crippen LogP contribution in [0.3, 0.4) is 0 Å². The average Bonchev–Trinajstić information content (AvgIpc) is 3.45. The van der Waals surface area contributed by atoms with Crippen molar-refractivity contribution in [1.29, 1.82) is 0 Å². The Morgan fingerprint density at radius 3 is 2.45 bits per heavy atom. The number of oxazole rings is 1. The van der Waals surface area contributed by atoms with Gasteiger partial charge in [-0.3, -0.25) is 5.32 Å². The molecule has 3 amide bonds. The van der Waals surface area contributed by atoms with Gasteiger partial charge in [-0.15, -0.1) is 0 Å². The van der Waals surface area contributed by atoms with Crippen molar-refractivity contribution in [3.8, 4) is 0 Å². The molecule has 0 spiro atoms. The maximum atomic E-state index is 13.1. The van der Waals surface area contributed by atoms with Crippen molar-refractivity contribution in [3.05, 3.63) is 48.2 Å². The van der Waals surface area contributed by atoms with Gasteiger partial charge >= 0.3 is 12.1 Å². The van der Waals surface area contributed by atoms with E-state index in [2.05, 4.69) is 32.2 Å². The molecule has 33 heavy (non-hydrogen) atoms. The highest BCUT2D eigenvalue weighted by atomic mass is 16.6. The lowest BCUT2D eigenvalue weighted by molar-refractivity contribution is 0.0880. The van der Waals surface area contributed by atoms with Crippen LogP contribution < -0.4 is 5.32 Å². The average molecular weight is 453 g/mol. The molecule has 3 fully saturated rings. The van der Waals surface area contributed by atoms with Crippen LogP contribution in [0.2, 0.25) is 0 Å². The first-order chi connectivity index (χ1) is 16.2. The van der Waals surface area contributed by atoms with Crippen LogP contribution in [0.1, 0.15) is 56.3 Å². The number of aromatic nitrogens is 1. The minimum Gasteiger partial charge on any atom is -0.445 e. The van der Waals surface area contributed by atoms with Crippen molar-refractivity contribution in [1.82, 2.24) is 14.8 Å². The van der Waals surface area contributed by atoms with Crippen LogP contribution in [0.4, 0.5) is 15.3 Å². The fraction of sp³-hybridized carbons (Fsp3) is 0.560. The van der Waals surface area contributed by atoms with Crippen molar-refractivity contribution in [2.75, 3.05) is 18.4 Å². The molecule has 1 aromatic heterocycles. The summed E-state index contributed by atoms with van der Waals surface area (Å²) in [4.78, 5) is 33.2. The van der Waals surface area contributed by atoms with Gasteiger partial charge in [-0.1, -0.05) is 12.1 Å². The number of benzene rings is 1. The third-order valence-electron chi connectivity index (χ3n) is 7.23. The largest absolute Gasteiger partial charge is 0.445 e. The molecule has 0 aliphatic carbocycles. The number of carbonyl (C=O) groups is 2. The molecule has 0 saturated carbocycles. The standard InChI is InChI=1S/C25H32N4O4/c30-24(32-16-23-15-26-17-33-23)27-20-6-4-18(5-7-20)12-19-13-21-8-9-22(14-19)29(21)25(31)28-10-2-1-3-11-28/h4-7,15,17,19,21-22H,1-3,8-14,16H2,(H,27,30). The molecule has 2 unspecified atom stereocenters. The summed E-state index contributed by atoms with van der Waals surface area (Å²) < 4.78 is 10.2. The topological polar surface area (TPSA) is 87.9 Å². The van der Waals surface area contributed by atoms with E-state index in [9.17, 15) is 9.59 Å². The third kappa shape index (κ3) is 5.15. The summed E-state index contributed by atoms with van der Waals surface area (Å²) in [5, 5.41) is 2.74. The summed E-state index contributed by atoms with van der Waals surface area (Å²) in [6.45, 7) is 1.89. The van der Waals surface area contributed by atoms with Crippen molar-refractivity contribution in [2.45, 2.75) is 70.1 Å². The minimum absolute atomic E-state index is 0.0468. The van der Waals surface area contributed by atoms with Crippen LogP contribution in [0.15, 0.2) is 41.3 Å². The molecule has 8 heteroatoms. The maximum Gasteiger partial charge on any atom is 0.412 e. The number of ether oxygens (including phenoxy) is 1. The number of amides is 3. The molecule has 4 heterocycles. The van der Waals surface area contributed by atoms with Gasteiger partial charge in [-0.05, 0) is 75.0 Å². The maximum absolute atomic E-state index is 13.1. The highest BCUT2D eigenvalue weighted by molar-refractivity contribution is 5.84. The summed E-state index contributed by atoms with van der Waals surface area (Å²) >= 11 is 0. The Bertz CT molecular complexity index is 926. The number of anilines is 1. The van der Waals surface area contributed by atoms with E-state index in [0.717, 1.165) is 58.0 Å². The van der Waals surface area contributed by atoms with Crippen LogP contribution in [0.5, 0.6) is 0 Å². The van der Waals surface area contributed by atoms with E-state index in [1.165, 1.54) is 24.6 Å². The van der Waals surface area contributed by atoms with Gasteiger partial charge in [-0.2, -0.15) is 0 Å². The number of nitrogens with one attached hydrogen (secondary N) is 1. The Balaban J connectivity index is 1.11. The van der Waals surface area contributed by atoms with Gasteiger partial charge in [0.25, 0.3) is 0 Å². The first-order valence-electron chi connectivity index (χ1n) is 12.1. The second kappa shape index (κ2) is 9.85. The predicted octanol–water partition coefficient (Wildman–Crippen LogP) is 4.81. The molecule has 5 rings (SSSR count). The molecule has 1 N–H and O–H groups in total. The number of hydrogen-bond donors (Lipinski definition) is 1. The van der Waals surface area contributed by atoms with Crippen LogP contribution in [0, 0.1) is 5.92 Å². The van der Waals surface area contributed by atoms with Crippen molar-refractivity contribution in [2.24, 2.45) is 5.92 Å². The Kier molecular flexibility index (Phi) is 6.51.